The van der Waals surface area contributed by atoms with Crippen LogP contribution in [0.1, 0.15) is 56.1 Å². The minimum Gasteiger partial charge on any atom is -0.508 e. The first kappa shape index (κ1) is 15.8. The van der Waals surface area contributed by atoms with E-state index in [0.29, 0.717) is 35.3 Å². The maximum Gasteiger partial charge on any atom is 0.115 e. The van der Waals surface area contributed by atoms with Crippen molar-refractivity contribution in [2.45, 2.75) is 57.5 Å². The van der Waals surface area contributed by atoms with E-state index in [1.54, 1.807) is 0 Å². The van der Waals surface area contributed by atoms with Crippen LogP contribution >= 0.6 is 11.6 Å². The highest BCUT2D eigenvalue weighted by Crippen LogP contribution is 2.63. The molecule has 0 bridgehead atoms. The van der Waals surface area contributed by atoms with Crippen LogP contribution in [0.4, 0.5) is 0 Å². The lowest BCUT2D eigenvalue weighted by molar-refractivity contribution is -0.0485. The lowest BCUT2D eigenvalue weighted by Gasteiger charge is -2.54. The summed E-state index contributed by atoms with van der Waals surface area (Å²) in [7, 11) is 0. The van der Waals surface area contributed by atoms with Crippen LogP contribution < -0.4 is 0 Å². The van der Waals surface area contributed by atoms with Crippen molar-refractivity contribution < 1.29 is 10.2 Å². The minimum absolute atomic E-state index is 0.0757. The number of phenols is 1. The third kappa shape index (κ3) is 2.33. The first-order valence-corrected chi connectivity index (χ1v) is 9.64. The second-order valence-electron chi connectivity index (χ2n) is 8.26. The fourth-order valence-electron chi connectivity index (χ4n) is 6.27. The van der Waals surface area contributed by atoms with Crippen molar-refractivity contribution in [3.63, 3.8) is 0 Å². The number of rotatable bonds is 2. The largest absolute Gasteiger partial charge is 0.508 e. The van der Waals surface area contributed by atoms with Crippen LogP contribution in [0.3, 0.4) is 0 Å². The van der Waals surface area contributed by atoms with E-state index in [1.165, 1.54) is 24.0 Å². The van der Waals surface area contributed by atoms with Crippen LogP contribution in [0.5, 0.6) is 5.75 Å². The highest BCUT2D eigenvalue weighted by molar-refractivity contribution is 6.17. The molecule has 0 spiro atoms. The highest BCUT2D eigenvalue weighted by atomic mass is 35.5. The Balaban J connectivity index is 1.77. The molecule has 2 saturated carbocycles. The van der Waals surface area contributed by atoms with Gasteiger partial charge in [-0.05, 0) is 90.9 Å². The molecule has 126 valence electrons. The van der Waals surface area contributed by atoms with Crippen molar-refractivity contribution in [3.05, 3.63) is 29.3 Å². The number of halogens is 1. The van der Waals surface area contributed by atoms with Crippen LogP contribution in [0.2, 0.25) is 0 Å². The molecular weight excluding hydrogens is 308 g/mol. The van der Waals surface area contributed by atoms with Crippen LogP contribution in [-0.4, -0.2) is 22.2 Å². The normalized spacial score (nSPS) is 42.0. The lowest BCUT2D eigenvalue weighted by atomic mass is 9.51. The third-order valence-electron chi connectivity index (χ3n) is 7.26. The fraction of sp³-hybridized carbons (Fsp3) is 0.700. The van der Waals surface area contributed by atoms with Crippen molar-refractivity contribution in [1.29, 1.82) is 0 Å². The standard InChI is InChI=1S/C20H27ClO2/c1-20-11-13(8-9-21)19-15-5-3-14(22)10-12(15)2-4-16(19)17(20)6-7-18(20)23/h3,5,10,13,16-19,22-23H,2,4,6-9,11H2,1H3/t13?,16-,17-,18+,19+,20-/m0/s1. The van der Waals surface area contributed by atoms with E-state index < -0.39 is 0 Å². The van der Waals surface area contributed by atoms with Crippen molar-refractivity contribution in [2.24, 2.45) is 23.2 Å². The van der Waals surface area contributed by atoms with Gasteiger partial charge < -0.3 is 10.2 Å². The molecule has 1 unspecified atom stereocenters. The van der Waals surface area contributed by atoms with E-state index in [1.807, 2.05) is 12.1 Å². The van der Waals surface area contributed by atoms with E-state index in [-0.39, 0.29) is 11.5 Å². The van der Waals surface area contributed by atoms with E-state index in [9.17, 15) is 10.2 Å². The maximum atomic E-state index is 10.6. The first-order chi connectivity index (χ1) is 11.0. The maximum absolute atomic E-state index is 10.6. The molecule has 3 aliphatic rings. The summed E-state index contributed by atoms with van der Waals surface area (Å²) in [5.74, 6) is 3.48. The Bertz CT molecular complexity index is 601. The predicted octanol–water partition coefficient (Wildman–Crippen LogP) is 4.46. The Morgan fingerprint density at radius 1 is 1.26 bits per heavy atom. The summed E-state index contributed by atoms with van der Waals surface area (Å²) in [4.78, 5) is 0. The van der Waals surface area contributed by atoms with Gasteiger partial charge in [-0.2, -0.15) is 0 Å². The molecule has 2 nitrogen and oxygen atoms in total. The van der Waals surface area contributed by atoms with Crippen molar-refractivity contribution in [3.8, 4) is 5.75 Å². The Morgan fingerprint density at radius 2 is 2.09 bits per heavy atom. The zero-order valence-corrected chi connectivity index (χ0v) is 14.6. The quantitative estimate of drug-likeness (QED) is 0.784. The molecule has 1 aromatic rings. The molecular formula is C20H27ClO2. The Labute approximate surface area is 143 Å². The van der Waals surface area contributed by atoms with Gasteiger partial charge in [-0.25, -0.2) is 0 Å². The molecule has 3 heteroatoms. The van der Waals surface area contributed by atoms with Crippen molar-refractivity contribution in [1.82, 2.24) is 0 Å². The summed E-state index contributed by atoms with van der Waals surface area (Å²) in [6.45, 7) is 2.32. The average molecular weight is 335 g/mol. The molecule has 2 N–H and O–H groups in total. The van der Waals surface area contributed by atoms with E-state index in [4.69, 9.17) is 11.6 Å². The van der Waals surface area contributed by atoms with Gasteiger partial charge in [0.2, 0.25) is 0 Å². The minimum atomic E-state index is -0.146. The average Bonchev–Trinajstić information content (AvgIpc) is 2.82. The molecule has 0 aliphatic heterocycles. The number of benzene rings is 1. The van der Waals surface area contributed by atoms with Gasteiger partial charge in [0.1, 0.15) is 5.75 Å². The van der Waals surface area contributed by atoms with Gasteiger partial charge in [0, 0.05) is 5.88 Å². The molecule has 23 heavy (non-hydrogen) atoms. The summed E-state index contributed by atoms with van der Waals surface area (Å²) < 4.78 is 0. The second-order valence-corrected chi connectivity index (χ2v) is 8.64. The zero-order valence-electron chi connectivity index (χ0n) is 13.8. The highest BCUT2D eigenvalue weighted by Gasteiger charge is 2.57. The number of phenolic OH excluding ortho intramolecular Hbond substituents is 1. The number of aryl methyl sites for hydroxylation is 1. The molecule has 3 aliphatic carbocycles. The first-order valence-electron chi connectivity index (χ1n) is 9.10. The Morgan fingerprint density at radius 3 is 2.87 bits per heavy atom. The van der Waals surface area contributed by atoms with Gasteiger partial charge in [-0.1, -0.05) is 13.0 Å². The molecule has 0 amide bonds. The Kier molecular flexibility index (Phi) is 3.89. The van der Waals surface area contributed by atoms with Gasteiger partial charge in [-0.3, -0.25) is 0 Å². The topological polar surface area (TPSA) is 40.5 Å². The number of alkyl halides is 1. The zero-order chi connectivity index (χ0) is 16.2. The number of aliphatic hydroxyl groups is 1. The number of aliphatic hydroxyl groups excluding tert-OH is 1. The molecule has 0 radical (unpaired) electrons. The summed E-state index contributed by atoms with van der Waals surface area (Å²) in [6.07, 6.45) is 6.34. The van der Waals surface area contributed by atoms with E-state index in [0.717, 1.165) is 25.7 Å². The summed E-state index contributed by atoms with van der Waals surface area (Å²) >= 11 is 6.14. The van der Waals surface area contributed by atoms with Gasteiger partial charge >= 0.3 is 0 Å². The van der Waals surface area contributed by atoms with Gasteiger partial charge in [0.15, 0.2) is 0 Å². The number of hydrogen-bond donors (Lipinski definition) is 2. The van der Waals surface area contributed by atoms with Crippen LogP contribution in [0, 0.1) is 23.2 Å². The molecule has 2 fully saturated rings. The SMILES string of the molecule is C[C@]12CC(CCCl)[C@@H]3c4ccc(O)cc4CC[C@H]3[C@@H]1CC[C@H]2O. The van der Waals surface area contributed by atoms with Crippen LogP contribution in [-0.2, 0) is 6.42 Å². The van der Waals surface area contributed by atoms with Gasteiger partial charge in [0.05, 0.1) is 6.10 Å². The monoisotopic (exact) mass is 334 g/mol. The molecule has 6 atom stereocenters. The molecule has 0 heterocycles. The number of aromatic hydroxyl groups is 1. The fourth-order valence-corrected chi connectivity index (χ4v) is 6.55. The van der Waals surface area contributed by atoms with Gasteiger partial charge in [0.25, 0.3) is 0 Å². The molecule has 1 aromatic carbocycles. The predicted molar refractivity (Wildman–Crippen MR) is 92.9 cm³/mol. The van der Waals surface area contributed by atoms with Crippen LogP contribution in [0.15, 0.2) is 18.2 Å². The van der Waals surface area contributed by atoms with E-state index in [2.05, 4.69) is 13.0 Å². The molecule has 0 aromatic heterocycles. The van der Waals surface area contributed by atoms with Crippen molar-refractivity contribution >= 4 is 11.6 Å². The second kappa shape index (κ2) is 5.67. The summed E-state index contributed by atoms with van der Waals surface area (Å²) in [5, 5.41) is 20.5. The lowest BCUT2D eigenvalue weighted by Crippen LogP contribution is -2.48. The number of fused-ring (bicyclic) bond motifs is 5. The van der Waals surface area contributed by atoms with Crippen molar-refractivity contribution in [2.75, 3.05) is 5.88 Å². The Hall–Kier alpha value is -0.730. The molecule has 4 rings (SSSR count). The van der Waals surface area contributed by atoms with Gasteiger partial charge in [-0.15, -0.1) is 11.6 Å². The van der Waals surface area contributed by atoms with E-state index >= 15 is 0 Å². The summed E-state index contributed by atoms with van der Waals surface area (Å²) in [6, 6.07) is 5.95. The smallest absolute Gasteiger partial charge is 0.115 e. The summed E-state index contributed by atoms with van der Waals surface area (Å²) in [5.41, 5.74) is 2.84. The number of hydrogen-bond acceptors (Lipinski definition) is 2. The van der Waals surface area contributed by atoms with Crippen LogP contribution in [0.25, 0.3) is 0 Å². The third-order valence-corrected chi connectivity index (χ3v) is 7.48. The molecule has 0 saturated heterocycles.